The molecule has 25 heavy (non-hydrogen) atoms. The minimum atomic E-state index is -3.21. The van der Waals surface area contributed by atoms with Crippen LogP contribution in [0.1, 0.15) is 48.5 Å². The number of nitrogens with zero attached hydrogens (tertiary/aromatic N) is 2. The first-order valence-electron chi connectivity index (χ1n) is 8.90. The van der Waals surface area contributed by atoms with Crippen LogP contribution in [0.5, 0.6) is 0 Å². The van der Waals surface area contributed by atoms with E-state index >= 15 is 0 Å². The number of rotatable bonds is 6. The van der Waals surface area contributed by atoms with Gasteiger partial charge in [0.25, 0.3) is 5.91 Å². The van der Waals surface area contributed by atoms with Crippen molar-refractivity contribution in [2.45, 2.75) is 44.8 Å². The van der Waals surface area contributed by atoms with E-state index in [1.807, 2.05) is 13.8 Å². The Bertz CT molecular complexity index is 749. The summed E-state index contributed by atoms with van der Waals surface area (Å²) in [5, 5.41) is 3.91. The third-order valence-electron chi connectivity index (χ3n) is 5.45. The van der Waals surface area contributed by atoms with E-state index in [1.54, 1.807) is 11.8 Å². The summed E-state index contributed by atoms with van der Waals surface area (Å²) in [5.41, 5.74) is 1.06. The number of aryl methyl sites for hydroxylation is 2. The molecule has 3 heterocycles. The fraction of sp³-hybridized carbons (Fsp3) is 0.765. The first kappa shape index (κ1) is 18.4. The number of carbonyl (C=O) groups excluding carboxylic acids is 1. The van der Waals surface area contributed by atoms with Crippen LogP contribution in [-0.4, -0.2) is 61.2 Å². The van der Waals surface area contributed by atoms with Crippen molar-refractivity contribution < 1.29 is 22.5 Å². The van der Waals surface area contributed by atoms with Gasteiger partial charge in [-0.3, -0.25) is 4.79 Å². The molecule has 2 saturated heterocycles. The third kappa shape index (κ3) is 2.89. The van der Waals surface area contributed by atoms with Gasteiger partial charge in [0.2, 0.25) is 0 Å². The molecule has 1 aromatic rings. The van der Waals surface area contributed by atoms with Gasteiger partial charge in [-0.25, -0.2) is 8.42 Å². The molecule has 0 saturated carbocycles. The molecule has 0 unspecified atom stereocenters. The summed E-state index contributed by atoms with van der Waals surface area (Å²) in [6.45, 7) is 7.13. The highest BCUT2D eigenvalue weighted by Gasteiger charge is 2.62. The number of hydrogen-bond acceptors (Lipinski definition) is 6. The van der Waals surface area contributed by atoms with Crippen molar-refractivity contribution in [1.29, 1.82) is 0 Å². The smallest absolute Gasteiger partial charge is 0.259 e. The van der Waals surface area contributed by atoms with Gasteiger partial charge in [-0.1, -0.05) is 12.1 Å². The van der Waals surface area contributed by atoms with Crippen LogP contribution in [0.25, 0.3) is 0 Å². The van der Waals surface area contributed by atoms with Gasteiger partial charge in [0.15, 0.2) is 9.84 Å². The molecule has 1 amide bonds. The fourth-order valence-corrected chi connectivity index (χ4v) is 6.36. The second-order valence-corrected chi connectivity index (χ2v) is 9.46. The molecule has 140 valence electrons. The lowest BCUT2D eigenvalue weighted by molar-refractivity contribution is 0.0269. The summed E-state index contributed by atoms with van der Waals surface area (Å²) in [6.07, 6.45) is 2.10. The first-order valence-corrected chi connectivity index (χ1v) is 10.6. The molecule has 0 aliphatic carbocycles. The lowest BCUT2D eigenvalue weighted by Crippen LogP contribution is -2.68. The van der Waals surface area contributed by atoms with E-state index in [9.17, 15) is 13.2 Å². The standard InChI is InChI=1S/C17H26N2O5S/c1-4-6-14-15(12(3)18-24-14)16(20)19-10-17(11-19)13(9-23-5-2)7-8-25(17,21)22/h13H,4-11H2,1-3H3/t13-/m0/s1. The van der Waals surface area contributed by atoms with Crippen molar-refractivity contribution in [2.75, 3.05) is 32.1 Å². The van der Waals surface area contributed by atoms with Crippen LogP contribution >= 0.6 is 0 Å². The van der Waals surface area contributed by atoms with Crippen LogP contribution in [0.3, 0.4) is 0 Å². The molecule has 1 aromatic heterocycles. The van der Waals surface area contributed by atoms with Crippen molar-refractivity contribution in [2.24, 2.45) is 5.92 Å². The zero-order chi connectivity index (χ0) is 18.2. The van der Waals surface area contributed by atoms with E-state index in [0.29, 0.717) is 43.1 Å². The number of carbonyl (C=O) groups is 1. The highest BCUT2D eigenvalue weighted by molar-refractivity contribution is 7.93. The maximum absolute atomic E-state index is 12.9. The summed E-state index contributed by atoms with van der Waals surface area (Å²) < 4.78 is 35.1. The second-order valence-electron chi connectivity index (χ2n) is 7.01. The lowest BCUT2D eigenvalue weighted by atomic mass is 9.83. The average molecular weight is 370 g/mol. The van der Waals surface area contributed by atoms with Gasteiger partial charge >= 0.3 is 0 Å². The van der Waals surface area contributed by atoms with E-state index in [2.05, 4.69) is 5.16 Å². The molecule has 1 spiro atoms. The minimum absolute atomic E-state index is 0.0415. The Hall–Kier alpha value is -1.41. The van der Waals surface area contributed by atoms with Crippen LogP contribution in [-0.2, 0) is 21.0 Å². The van der Waals surface area contributed by atoms with Gasteiger partial charge in [-0.05, 0) is 26.7 Å². The van der Waals surface area contributed by atoms with Crippen molar-refractivity contribution in [3.63, 3.8) is 0 Å². The zero-order valence-corrected chi connectivity index (χ0v) is 15.9. The molecule has 3 rings (SSSR count). The Morgan fingerprint density at radius 1 is 1.40 bits per heavy atom. The number of ether oxygens (including phenoxy) is 1. The lowest BCUT2D eigenvalue weighted by Gasteiger charge is -2.49. The van der Waals surface area contributed by atoms with Gasteiger partial charge < -0.3 is 14.2 Å². The van der Waals surface area contributed by atoms with E-state index in [1.165, 1.54) is 0 Å². The van der Waals surface area contributed by atoms with Gasteiger partial charge in [-0.15, -0.1) is 0 Å². The van der Waals surface area contributed by atoms with Gasteiger partial charge in [0, 0.05) is 32.0 Å². The molecule has 8 heteroatoms. The quantitative estimate of drug-likeness (QED) is 0.756. The predicted octanol–water partition coefficient (Wildman–Crippen LogP) is 1.60. The summed E-state index contributed by atoms with van der Waals surface area (Å²) in [5.74, 6) is 0.552. The van der Waals surface area contributed by atoms with Crippen molar-refractivity contribution in [1.82, 2.24) is 10.1 Å². The molecular weight excluding hydrogens is 344 g/mol. The molecule has 0 radical (unpaired) electrons. The number of sulfone groups is 1. The fourth-order valence-electron chi connectivity index (χ4n) is 3.96. The monoisotopic (exact) mass is 370 g/mol. The summed E-state index contributed by atoms with van der Waals surface area (Å²) in [4.78, 5) is 14.5. The van der Waals surface area contributed by atoms with Gasteiger partial charge in [0.1, 0.15) is 16.1 Å². The molecule has 7 nitrogen and oxygen atoms in total. The third-order valence-corrected chi connectivity index (χ3v) is 8.05. The van der Waals surface area contributed by atoms with Crippen molar-refractivity contribution in [3.8, 4) is 0 Å². The minimum Gasteiger partial charge on any atom is -0.381 e. The molecule has 1 atom stereocenters. The summed E-state index contributed by atoms with van der Waals surface area (Å²) >= 11 is 0. The Morgan fingerprint density at radius 3 is 2.76 bits per heavy atom. The van der Waals surface area contributed by atoms with Gasteiger partial charge in [-0.2, -0.15) is 0 Å². The number of likely N-dealkylation sites (tertiary alicyclic amines) is 1. The van der Waals surface area contributed by atoms with E-state index in [4.69, 9.17) is 9.26 Å². The highest BCUT2D eigenvalue weighted by atomic mass is 32.2. The van der Waals surface area contributed by atoms with E-state index < -0.39 is 14.6 Å². The zero-order valence-electron chi connectivity index (χ0n) is 15.1. The topological polar surface area (TPSA) is 89.7 Å². The number of hydrogen-bond donors (Lipinski definition) is 0. The Balaban J connectivity index is 1.78. The highest BCUT2D eigenvalue weighted by Crippen LogP contribution is 2.45. The van der Waals surface area contributed by atoms with Crippen LogP contribution in [0.4, 0.5) is 0 Å². The second kappa shape index (κ2) is 6.72. The SMILES string of the molecule is CCCc1onc(C)c1C(=O)N1CC2(C1)[C@H](COCC)CCS2(=O)=O. The van der Waals surface area contributed by atoms with Gasteiger partial charge in [0.05, 0.1) is 18.1 Å². The number of amides is 1. The predicted molar refractivity (Wildman–Crippen MR) is 92.3 cm³/mol. The molecule has 2 aliphatic rings. The molecule has 0 aromatic carbocycles. The Morgan fingerprint density at radius 2 is 2.12 bits per heavy atom. The average Bonchev–Trinajstić information content (AvgIpc) is 3.00. The molecule has 2 fully saturated rings. The number of aromatic nitrogens is 1. The molecule has 2 aliphatic heterocycles. The summed E-state index contributed by atoms with van der Waals surface area (Å²) in [7, 11) is -3.21. The first-order chi connectivity index (χ1) is 11.9. The largest absolute Gasteiger partial charge is 0.381 e. The van der Waals surface area contributed by atoms with E-state index in [0.717, 1.165) is 6.42 Å². The molecule has 0 bridgehead atoms. The Kier molecular flexibility index (Phi) is 4.94. The van der Waals surface area contributed by atoms with Crippen molar-refractivity contribution in [3.05, 3.63) is 17.0 Å². The maximum atomic E-state index is 12.9. The van der Waals surface area contributed by atoms with E-state index in [-0.39, 0.29) is 30.7 Å². The maximum Gasteiger partial charge on any atom is 0.259 e. The van der Waals surface area contributed by atoms with Crippen LogP contribution < -0.4 is 0 Å². The normalized spacial score (nSPS) is 23.8. The summed E-state index contributed by atoms with van der Waals surface area (Å²) in [6, 6.07) is 0. The molecule has 0 N–H and O–H groups in total. The Labute approximate surface area is 148 Å². The molecular formula is C17H26N2O5S. The van der Waals surface area contributed by atoms with Crippen LogP contribution in [0.2, 0.25) is 0 Å². The van der Waals surface area contributed by atoms with Crippen LogP contribution in [0.15, 0.2) is 4.52 Å². The van der Waals surface area contributed by atoms with Crippen LogP contribution in [0, 0.1) is 12.8 Å². The van der Waals surface area contributed by atoms with Crippen molar-refractivity contribution >= 4 is 15.7 Å².